The predicted molar refractivity (Wildman–Crippen MR) is 70.6 cm³/mol. The summed E-state index contributed by atoms with van der Waals surface area (Å²) in [6.07, 6.45) is 4.10. The largest absolute Gasteiger partial charge is 0.265 e. The van der Waals surface area contributed by atoms with Crippen LogP contribution in [0.5, 0.6) is 0 Å². The van der Waals surface area contributed by atoms with Crippen LogP contribution in [0.2, 0.25) is 0 Å². The molecule has 0 saturated heterocycles. The van der Waals surface area contributed by atoms with E-state index >= 15 is 0 Å². The van der Waals surface area contributed by atoms with E-state index < -0.39 is 0 Å². The summed E-state index contributed by atoms with van der Waals surface area (Å²) in [5.41, 5.74) is 1.87. The molecular formula is C13H10BrClFN. The van der Waals surface area contributed by atoms with E-state index in [0.717, 1.165) is 11.1 Å². The first-order chi connectivity index (χ1) is 8.16. The van der Waals surface area contributed by atoms with Crippen molar-refractivity contribution in [3.05, 3.63) is 64.1 Å². The molecule has 1 unspecified atom stereocenters. The fraction of sp³-hybridized carbons (Fsp3) is 0.154. The highest BCUT2D eigenvalue weighted by atomic mass is 79.9. The van der Waals surface area contributed by atoms with E-state index in [2.05, 4.69) is 20.9 Å². The van der Waals surface area contributed by atoms with E-state index in [1.165, 1.54) is 6.07 Å². The summed E-state index contributed by atoms with van der Waals surface area (Å²) in [6.45, 7) is 0. The molecule has 2 aromatic rings. The normalized spacial score (nSPS) is 12.4. The van der Waals surface area contributed by atoms with Crippen molar-refractivity contribution in [1.29, 1.82) is 0 Å². The van der Waals surface area contributed by atoms with Crippen molar-refractivity contribution in [3.63, 3.8) is 0 Å². The van der Waals surface area contributed by atoms with Gasteiger partial charge < -0.3 is 0 Å². The Morgan fingerprint density at radius 2 is 1.94 bits per heavy atom. The Morgan fingerprint density at radius 1 is 1.24 bits per heavy atom. The Hall–Kier alpha value is -0.930. The van der Waals surface area contributed by atoms with Crippen LogP contribution in [0.3, 0.4) is 0 Å². The maximum absolute atomic E-state index is 13.4. The van der Waals surface area contributed by atoms with E-state index in [0.29, 0.717) is 10.9 Å². The lowest BCUT2D eigenvalue weighted by molar-refractivity contribution is 0.618. The van der Waals surface area contributed by atoms with Crippen molar-refractivity contribution < 1.29 is 4.39 Å². The standard InChI is InChI=1S/C13H10BrClFN/c14-11-2-1-10(8-13(11)16)12(15)7-9-3-5-17-6-4-9/h1-6,8,12H,7H2. The van der Waals surface area contributed by atoms with Gasteiger partial charge in [-0.2, -0.15) is 0 Å². The topological polar surface area (TPSA) is 12.9 Å². The molecule has 0 N–H and O–H groups in total. The minimum Gasteiger partial charge on any atom is -0.265 e. The van der Waals surface area contributed by atoms with Gasteiger partial charge in [-0.3, -0.25) is 4.98 Å². The highest BCUT2D eigenvalue weighted by molar-refractivity contribution is 9.10. The number of nitrogens with zero attached hydrogens (tertiary/aromatic N) is 1. The first kappa shape index (κ1) is 12.5. The third-order valence-corrected chi connectivity index (χ3v) is 3.52. The number of hydrogen-bond donors (Lipinski definition) is 0. The molecule has 88 valence electrons. The van der Waals surface area contributed by atoms with E-state index in [1.807, 2.05) is 18.2 Å². The Kier molecular flexibility index (Phi) is 4.13. The molecule has 1 atom stereocenters. The van der Waals surface area contributed by atoms with Gasteiger partial charge in [0.05, 0.1) is 9.85 Å². The second-order valence-corrected chi connectivity index (χ2v) is 5.08. The van der Waals surface area contributed by atoms with Crippen LogP contribution in [0.1, 0.15) is 16.5 Å². The molecule has 0 fully saturated rings. The van der Waals surface area contributed by atoms with Crippen LogP contribution in [0.4, 0.5) is 4.39 Å². The number of hydrogen-bond acceptors (Lipinski definition) is 1. The number of rotatable bonds is 3. The van der Waals surface area contributed by atoms with Gasteiger partial charge in [-0.1, -0.05) is 6.07 Å². The molecule has 0 amide bonds. The highest BCUT2D eigenvalue weighted by Gasteiger charge is 2.11. The highest BCUT2D eigenvalue weighted by Crippen LogP contribution is 2.27. The lowest BCUT2D eigenvalue weighted by atomic mass is 10.0. The quantitative estimate of drug-likeness (QED) is 0.760. The number of benzene rings is 1. The summed E-state index contributed by atoms with van der Waals surface area (Å²) < 4.78 is 13.8. The maximum atomic E-state index is 13.4. The molecular weight excluding hydrogens is 305 g/mol. The first-order valence-electron chi connectivity index (χ1n) is 5.15. The molecule has 1 aromatic heterocycles. The van der Waals surface area contributed by atoms with Gasteiger partial charge in [0, 0.05) is 12.4 Å². The molecule has 1 nitrogen and oxygen atoms in total. The fourth-order valence-corrected chi connectivity index (χ4v) is 2.11. The molecule has 1 aromatic carbocycles. The third kappa shape index (κ3) is 3.27. The van der Waals surface area contributed by atoms with Gasteiger partial charge in [0.25, 0.3) is 0 Å². The number of alkyl halides is 1. The third-order valence-electron chi connectivity index (χ3n) is 2.47. The molecule has 0 radical (unpaired) electrons. The average molecular weight is 315 g/mol. The summed E-state index contributed by atoms with van der Waals surface area (Å²) in [5, 5.41) is -0.236. The van der Waals surface area contributed by atoms with Gasteiger partial charge in [0.2, 0.25) is 0 Å². The van der Waals surface area contributed by atoms with E-state index in [1.54, 1.807) is 18.5 Å². The summed E-state index contributed by atoms with van der Waals surface area (Å²) in [5.74, 6) is -0.289. The fourth-order valence-electron chi connectivity index (χ4n) is 1.55. The van der Waals surface area contributed by atoms with Crippen molar-refractivity contribution in [2.75, 3.05) is 0 Å². The minimum absolute atomic E-state index is 0.236. The zero-order valence-electron chi connectivity index (χ0n) is 8.91. The Balaban J connectivity index is 2.14. The van der Waals surface area contributed by atoms with E-state index in [-0.39, 0.29) is 11.2 Å². The summed E-state index contributed by atoms with van der Waals surface area (Å²) in [7, 11) is 0. The van der Waals surface area contributed by atoms with Gasteiger partial charge >= 0.3 is 0 Å². The number of pyridine rings is 1. The van der Waals surface area contributed by atoms with Crippen molar-refractivity contribution in [2.24, 2.45) is 0 Å². The monoisotopic (exact) mass is 313 g/mol. The van der Waals surface area contributed by atoms with Gasteiger partial charge in [-0.05, 0) is 57.7 Å². The lowest BCUT2D eigenvalue weighted by Crippen LogP contribution is -1.97. The summed E-state index contributed by atoms with van der Waals surface area (Å²) >= 11 is 9.38. The number of aromatic nitrogens is 1. The second kappa shape index (κ2) is 5.61. The van der Waals surface area contributed by atoms with Gasteiger partial charge in [0.15, 0.2) is 0 Å². The molecule has 0 bridgehead atoms. The zero-order valence-corrected chi connectivity index (χ0v) is 11.2. The van der Waals surface area contributed by atoms with Crippen LogP contribution in [-0.2, 0) is 6.42 Å². The average Bonchev–Trinajstić information content (AvgIpc) is 2.34. The minimum atomic E-state index is -0.289. The SMILES string of the molecule is Fc1cc(C(Cl)Cc2ccncc2)ccc1Br. The second-order valence-electron chi connectivity index (χ2n) is 3.70. The summed E-state index contributed by atoms with van der Waals surface area (Å²) in [4.78, 5) is 3.94. The summed E-state index contributed by atoms with van der Waals surface area (Å²) in [6, 6.07) is 8.77. The van der Waals surface area contributed by atoms with Crippen LogP contribution in [0.25, 0.3) is 0 Å². The van der Waals surface area contributed by atoms with Crippen LogP contribution in [0.15, 0.2) is 47.2 Å². The Morgan fingerprint density at radius 3 is 2.59 bits per heavy atom. The predicted octanol–water partition coefficient (Wildman–Crippen LogP) is 4.51. The van der Waals surface area contributed by atoms with Gasteiger partial charge in [-0.25, -0.2) is 4.39 Å². The molecule has 0 aliphatic carbocycles. The Labute approximate surface area is 113 Å². The zero-order chi connectivity index (χ0) is 12.3. The van der Waals surface area contributed by atoms with E-state index in [9.17, 15) is 4.39 Å². The smallest absolute Gasteiger partial charge is 0.137 e. The molecule has 0 saturated carbocycles. The molecule has 0 aliphatic heterocycles. The molecule has 1 heterocycles. The van der Waals surface area contributed by atoms with Crippen LogP contribution in [-0.4, -0.2) is 4.98 Å². The molecule has 4 heteroatoms. The van der Waals surface area contributed by atoms with Crippen LogP contribution >= 0.6 is 27.5 Å². The van der Waals surface area contributed by atoms with E-state index in [4.69, 9.17) is 11.6 Å². The van der Waals surface area contributed by atoms with Crippen molar-refractivity contribution in [2.45, 2.75) is 11.8 Å². The van der Waals surface area contributed by atoms with Crippen molar-refractivity contribution in [3.8, 4) is 0 Å². The van der Waals surface area contributed by atoms with Crippen molar-refractivity contribution in [1.82, 2.24) is 4.98 Å². The molecule has 2 rings (SSSR count). The van der Waals surface area contributed by atoms with Crippen LogP contribution < -0.4 is 0 Å². The molecule has 0 spiro atoms. The lowest BCUT2D eigenvalue weighted by Gasteiger charge is -2.10. The van der Waals surface area contributed by atoms with Crippen LogP contribution in [0, 0.1) is 5.82 Å². The van der Waals surface area contributed by atoms with Crippen molar-refractivity contribution >= 4 is 27.5 Å². The molecule has 17 heavy (non-hydrogen) atoms. The van der Waals surface area contributed by atoms with Gasteiger partial charge in [0.1, 0.15) is 5.82 Å². The molecule has 0 aliphatic rings. The maximum Gasteiger partial charge on any atom is 0.137 e. The number of halogens is 3. The first-order valence-corrected chi connectivity index (χ1v) is 6.37. The Bertz CT molecular complexity index is 504. The van der Waals surface area contributed by atoms with Gasteiger partial charge in [-0.15, -0.1) is 11.6 Å².